The molecular weight excluding hydrogens is 216 g/mol. The fourth-order valence-electron chi connectivity index (χ4n) is 1.76. The van der Waals surface area contributed by atoms with Crippen LogP contribution in [-0.2, 0) is 0 Å². The fraction of sp³-hybridized carbons (Fsp3) is 0.556. The Morgan fingerprint density at radius 2 is 2.40 bits per heavy atom. The first-order valence-corrected chi connectivity index (χ1v) is 5.21. The number of rotatable bonds is 1. The highest BCUT2D eigenvalue weighted by molar-refractivity contribution is 6.32. The van der Waals surface area contributed by atoms with E-state index in [0.717, 1.165) is 6.54 Å². The van der Waals surface area contributed by atoms with Crippen molar-refractivity contribution in [2.75, 3.05) is 18.0 Å². The second-order valence-electron chi connectivity index (χ2n) is 3.92. The average Bonchev–Trinajstić information content (AvgIpc) is 2.51. The van der Waals surface area contributed by atoms with Gasteiger partial charge in [0.15, 0.2) is 5.82 Å². The molecular formula is C9H13ClN4O. The molecule has 1 aliphatic heterocycles. The van der Waals surface area contributed by atoms with Crippen LogP contribution in [0.25, 0.3) is 0 Å². The number of nitrogens with zero attached hydrogens (tertiary/aromatic N) is 2. The van der Waals surface area contributed by atoms with E-state index in [0.29, 0.717) is 18.3 Å². The largest absolute Gasteiger partial charge is 0.353 e. The number of hydrogen-bond donors (Lipinski definition) is 2. The molecule has 0 spiro atoms. The molecule has 1 aromatic rings. The summed E-state index contributed by atoms with van der Waals surface area (Å²) in [6.07, 6.45) is 1.36. The number of nitrogens with two attached hydrogens (primary N) is 1. The lowest BCUT2D eigenvalue weighted by Crippen LogP contribution is -2.29. The van der Waals surface area contributed by atoms with Gasteiger partial charge in [-0.15, -0.1) is 0 Å². The molecule has 1 fully saturated rings. The third-order valence-corrected chi connectivity index (χ3v) is 3.09. The van der Waals surface area contributed by atoms with Gasteiger partial charge >= 0.3 is 0 Å². The average molecular weight is 229 g/mol. The SMILES string of the molecule is CC1CN(c2nc[nH]c(=O)c2Cl)CC1N. The molecule has 15 heavy (non-hydrogen) atoms. The van der Waals surface area contributed by atoms with Crippen molar-refractivity contribution in [3.8, 4) is 0 Å². The Hall–Kier alpha value is -1.07. The van der Waals surface area contributed by atoms with Crippen LogP contribution >= 0.6 is 11.6 Å². The van der Waals surface area contributed by atoms with Crippen LogP contribution in [-0.4, -0.2) is 29.1 Å². The summed E-state index contributed by atoms with van der Waals surface area (Å²) in [7, 11) is 0. The first-order chi connectivity index (χ1) is 7.09. The highest BCUT2D eigenvalue weighted by Gasteiger charge is 2.29. The second-order valence-corrected chi connectivity index (χ2v) is 4.29. The van der Waals surface area contributed by atoms with Crippen molar-refractivity contribution in [2.24, 2.45) is 11.7 Å². The lowest BCUT2D eigenvalue weighted by Gasteiger charge is -2.17. The standard InChI is InChI=1S/C9H13ClN4O/c1-5-2-14(3-6(5)11)8-7(10)9(15)13-4-12-8/h4-6H,2-3,11H2,1H3,(H,12,13,15). The Labute approximate surface area is 92.3 Å². The van der Waals surface area contributed by atoms with Gasteiger partial charge in [0, 0.05) is 19.1 Å². The number of aromatic amines is 1. The van der Waals surface area contributed by atoms with Crippen molar-refractivity contribution in [3.63, 3.8) is 0 Å². The van der Waals surface area contributed by atoms with Crippen LogP contribution in [0.5, 0.6) is 0 Å². The highest BCUT2D eigenvalue weighted by atomic mass is 35.5. The molecule has 2 rings (SSSR count). The van der Waals surface area contributed by atoms with Gasteiger partial charge in [0.25, 0.3) is 5.56 Å². The van der Waals surface area contributed by atoms with E-state index in [2.05, 4.69) is 16.9 Å². The molecule has 2 atom stereocenters. The summed E-state index contributed by atoms with van der Waals surface area (Å²) < 4.78 is 0. The highest BCUT2D eigenvalue weighted by Crippen LogP contribution is 2.24. The molecule has 0 aliphatic carbocycles. The van der Waals surface area contributed by atoms with E-state index in [-0.39, 0.29) is 16.6 Å². The number of anilines is 1. The van der Waals surface area contributed by atoms with Crippen molar-refractivity contribution in [3.05, 3.63) is 21.7 Å². The Bertz CT molecular complexity index is 409. The summed E-state index contributed by atoms with van der Waals surface area (Å²) in [5, 5.41) is 0.138. The van der Waals surface area contributed by atoms with Gasteiger partial charge in [0.1, 0.15) is 5.02 Å². The maximum Gasteiger partial charge on any atom is 0.271 e. The number of aromatic nitrogens is 2. The molecule has 0 saturated carbocycles. The van der Waals surface area contributed by atoms with Crippen molar-refractivity contribution < 1.29 is 0 Å². The number of H-pyrrole nitrogens is 1. The zero-order chi connectivity index (χ0) is 11.0. The minimum atomic E-state index is -0.310. The summed E-state index contributed by atoms with van der Waals surface area (Å²) in [5.74, 6) is 0.919. The van der Waals surface area contributed by atoms with E-state index >= 15 is 0 Å². The Balaban J connectivity index is 2.32. The van der Waals surface area contributed by atoms with Crippen LogP contribution in [0.4, 0.5) is 5.82 Å². The molecule has 3 N–H and O–H groups in total. The van der Waals surface area contributed by atoms with Crippen LogP contribution in [0.3, 0.4) is 0 Å². The van der Waals surface area contributed by atoms with E-state index in [1.165, 1.54) is 6.33 Å². The Kier molecular flexibility index (Phi) is 2.67. The monoisotopic (exact) mass is 228 g/mol. The number of halogens is 1. The molecule has 6 heteroatoms. The topological polar surface area (TPSA) is 75.0 Å². The number of nitrogens with one attached hydrogen (secondary N) is 1. The van der Waals surface area contributed by atoms with Gasteiger partial charge in [-0.3, -0.25) is 4.79 Å². The molecule has 0 aromatic carbocycles. The van der Waals surface area contributed by atoms with Gasteiger partial charge in [-0.05, 0) is 5.92 Å². The third kappa shape index (κ3) is 1.85. The van der Waals surface area contributed by atoms with Gasteiger partial charge in [0.2, 0.25) is 0 Å². The van der Waals surface area contributed by atoms with Gasteiger partial charge in [-0.1, -0.05) is 18.5 Å². The summed E-state index contributed by atoms with van der Waals surface area (Å²) in [6.45, 7) is 3.56. The van der Waals surface area contributed by atoms with E-state index in [1.54, 1.807) is 0 Å². The van der Waals surface area contributed by atoms with Gasteiger partial charge in [-0.2, -0.15) is 0 Å². The molecule has 0 amide bonds. The summed E-state index contributed by atoms with van der Waals surface area (Å²) in [4.78, 5) is 19.7. The zero-order valence-electron chi connectivity index (χ0n) is 8.40. The minimum absolute atomic E-state index is 0.113. The minimum Gasteiger partial charge on any atom is -0.353 e. The van der Waals surface area contributed by atoms with E-state index in [4.69, 9.17) is 17.3 Å². The lowest BCUT2D eigenvalue weighted by atomic mass is 10.1. The molecule has 82 valence electrons. The van der Waals surface area contributed by atoms with Gasteiger partial charge in [-0.25, -0.2) is 4.98 Å². The van der Waals surface area contributed by atoms with Crippen molar-refractivity contribution in [1.82, 2.24) is 9.97 Å². The molecule has 2 heterocycles. The Morgan fingerprint density at radius 1 is 1.67 bits per heavy atom. The Morgan fingerprint density at radius 3 is 3.00 bits per heavy atom. The van der Waals surface area contributed by atoms with Gasteiger partial charge < -0.3 is 15.6 Å². The van der Waals surface area contributed by atoms with Crippen LogP contribution in [0.2, 0.25) is 5.02 Å². The van der Waals surface area contributed by atoms with E-state index < -0.39 is 0 Å². The predicted octanol–water partition coefficient (Wildman–Crippen LogP) is 0.207. The normalized spacial score (nSPS) is 25.9. The number of hydrogen-bond acceptors (Lipinski definition) is 4. The fourth-order valence-corrected chi connectivity index (χ4v) is 1.98. The van der Waals surface area contributed by atoms with Crippen molar-refractivity contribution in [1.29, 1.82) is 0 Å². The van der Waals surface area contributed by atoms with Crippen LogP contribution in [0.1, 0.15) is 6.92 Å². The maximum absolute atomic E-state index is 11.3. The molecule has 0 radical (unpaired) electrons. The second kappa shape index (κ2) is 3.83. The van der Waals surface area contributed by atoms with E-state index in [1.807, 2.05) is 4.90 Å². The molecule has 1 aliphatic rings. The predicted molar refractivity (Wildman–Crippen MR) is 59.2 cm³/mol. The first-order valence-electron chi connectivity index (χ1n) is 4.83. The molecule has 1 aromatic heterocycles. The van der Waals surface area contributed by atoms with Crippen LogP contribution in [0, 0.1) is 5.92 Å². The molecule has 1 saturated heterocycles. The molecule has 2 unspecified atom stereocenters. The summed E-state index contributed by atoms with van der Waals surface area (Å²) in [5.41, 5.74) is 5.59. The summed E-state index contributed by atoms with van der Waals surface area (Å²) in [6, 6.07) is 0.113. The zero-order valence-corrected chi connectivity index (χ0v) is 9.16. The van der Waals surface area contributed by atoms with Crippen molar-refractivity contribution in [2.45, 2.75) is 13.0 Å². The van der Waals surface area contributed by atoms with Gasteiger partial charge in [0.05, 0.1) is 6.33 Å². The van der Waals surface area contributed by atoms with Crippen LogP contribution in [0.15, 0.2) is 11.1 Å². The molecule has 5 nitrogen and oxygen atoms in total. The van der Waals surface area contributed by atoms with E-state index in [9.17, 15) is 4.79 Å². The first kappa shape index (κ1) is 10.4. The van der Waals surface area contributed by atoms with Crippen LogP contribution < -0.4 is 16.2 Å². The summed E-state index contributed by atoms with van der Waals surface area (Å²) >= 11 is 5.88. The smallest absolute Gasteiger partial charge is 0.271 e. The lowest BCUT2D eigenvalue weighted by molar-refractivity contribution is 0.566. The third-order valence-electron chi connectivity index (χ3n) is 2.75. The van der Waals surface area contributed by atoms with Crippen molar-refractivity contribution >= 4 is 17.4 Å². The maximum atomic E-state index is 11.3. The quantitative estimate of drug-likeness (QED) is 0.721. The molecule has 0 bridgehead atoms.